The standard InChI is InChI=1S/C14H29F3N2S3/c1-3-5-13(16,10-21)19-8-12(15,9-20)6-7-14(17,11-22)18-4-2/h18-22H,3-11H2,1-2H3/t12-,13+,14+/m1/s1. The largest absolute Gasteiger partial charge is 0.285 e. The number of nitrogens with one attached hydrogen (secondary N) is 2. The first kappa shape index (κ1) is 22.8. The topological polar surface area (TPSA) is 24.1 Å². The molecule has 0 aromatic rings. The molecular formula is C14H29F3N2S3. The van der Waals surface area contributed by atoms with Gasteiger partial charge in [-0.2, -0.15) is 37.9 Å². The van der Waals surface area contributed by atoms with Gasteiger partial charge in [0.05, 0.1) is 0 Å². The zero-order valence-corrected chi connectivity index (χ0v) is 16.0. The quantitative estimate of drug-likeness (QED) is 0.250. The van der Waals surface area contributed by atoms with Gasteiger partial charge in [-0.3, -0.25) is 10.6 Å². The van der Waals surface area contributed by atoms with E-state index in [2.05, 4.69) is 48.5 Å². The van der Waals surface area contributed by atoms with Gasteiger partial charge in [0.15, 0.2) is 11.6 Å². The Morgan fingerprint density at radius 1 is 0.773 bits per heavy atom. The van der Waals surface area contributed by atoms with Crippen LogP contribution in [0.1, 0.15) is 39.5 Å². The number of thiol groups is 3. The second-order valence-corrected chi connectivity index (χ2v) is 6.64. The van der Waals surface area contributed by atoms with Crippen molar-refractivity contribution in [1.29, 1.82) is 0 Å². The lowest BCUT2D eigenvalue weighted by atomic mass is 9.97. The van der Waals surface area contributed by atoms with Gasteiger partial charge >= 0.3 is 0 Å². The van der Waals surface area contributed by atoms with E-state index in [4.69, 9.17) is 0 Å². The van der Waals surface area contributed by atoms with Crippen LogP contribution in [0, 0.1) is 0 Å². The predicted octanol–water partition coefficient (Wildman–Crippen LogP) is 3.60. The molecule has 0 radical (unpaired) electrons. The molecule has 2 N–H and O–H groups in total. The van der Waals surface area contributed by atoms with E-state index in [-0.39, 0.29) is 43.1 Å². The van der Waals surface area contributed by atoms with Gasteiger partial charge in [0, 0.05) is 23.8 Å². The molecule has 0 aromatic heterocycles. The van der Waals surface area contributed by atoms with E-state index in [9.17, 15) is 13.2 Å². The molecule has 0 amide bonds. The highest BCUT2D eigenvalue weighted by molar-refractivity contribution is 7.80. The Balaban J connectivity index is 4.63. The van der Waals surface area contributed by atoms with Crippen molar-refractivity contribution in [3.63, 3.8) is 0 Å². The van der Waals surface area contributed by atoms with Crippen LogP contribution in [0.5, 0.6) is 0 Å². The summed E-state index contributed by atoms with van der Waals surface area (Å²) in [7, 11) is 0. The maximum Gasteiger partial charge on any atom is 0.170 e. The molecule has 0 heterocycles. The molecule has 0 aliphatic rings. The van der Waals surface area contributed by atoms with Gasteiger partial charge in [0.2, 0.25) is 0 Å². The molecule has 0 spiro atoms. The molecule has 0 aromatic carbocycles. The van der Waals surface area contributed by atoms with Crippen molar-refractivity contribution in [1.82, 2.24) is 10.6 Å². The highest BCUT2D eigenvalue weighted by Crippen LogP contribution is 2.27. The molecule has 0 unspecified atom stereocenters. The zero-order valence-electron chi connectivity index (χ0n) is 13.3. The van der Waals surface area contributed by atoms with E-state index < -0.39 is 17.3 Å². The summed E-state index contributed by atoms with van der Waals surface area (Å²) in [5, 5.41) is 5.26. The lowest BCUT2D eigenvalue weighted by molar-refractivity contribution is 0.0643. The summed E-state index contributed by atoms with van der Waals surface area (Å²) in [5.74, 6) is -3.63. The fraction of sp³-hybridized carbons (Fsp3) is 1.00. The van der Waals surface area contributed by atoms with Crippen molar-refractivity contribution in [2.45, 2.75) is 56.8 Å². The van der Waals surface area contributed by atoms with Crippen LogP contribution >= 0.6 is 37.9 Å². The molecule has 0 fully saturated rings. The predicted molar refractivity (Wildman–Crippen MR) is 98.9 cm³/mol. The van der Waals surface area contributed by atoms with E-state index in [1.165, 1.54) is 0 Å². The molecular weight excluding hydrogens is 349 g/mol. The SMILES string of the molecule is CCC[C@@](F)(CS)NC[C@@](F)(CS)CC[C@@](F)(CS)NCC. The van der Waals surface area contributed by atoms with Gasteiger partial charge in [-0.05, 0) is 25.8 Å². The third-order valence-electron chi connectivity index (χ3n) is 3.62. The van der Waals surface area contributed by atoms with Crippen LogP contribution in [-0.4, -0.2) is 47.6 Å². The molecule has 22 heavy (non-hydrogen) atoms. The van der Waals surface area contributed by atoms with Crippen molar-refractivity contribution >= 4 is 37.9 Å². The van der Waals surface area contributed by atoms with Crippen LogP contribution in [0.4, 0.5) is 13.2 Å². The maximum atomic E-state index is 14.8. The number of halogens is 3. The summed E-state index contributed by atoms with van der Waals surface area (Å²) in [5.41, 5.74) is -1.78. The molecule has 3 atom stereocenters. The highest BCUT2D eigenvalue weighted by Gasteiger charge is 2.37. The van der Waals surface area contributed by atoms with Crippen LogP contribution in [0.15, 0.2) is 0 Å². The minimum atomic E-state index is -1.78. The first-order chi connectivity index (χ1) is 10.2. The lowest BCUT2D eigenvalue weighted by Gasteiger charge is -2.33. The minimum Gasteiger partial charge on any atom is -0.285 e. The average molecular weight is 379 g/mol. The summed E-state index contributed by atoms with van der Waals surface area (Å²) in [4.78, 5) is 0. The molecule has 2 nitrogen and oxygen atoms in total. The number of hydrogen-bond acceptors (Lipinski definition) is 5. The molecule has 0 saturated heterocycles. The van der Waals surface area contributed by atoms with Gasteiger partial charge in [0.25, 0.3) is 0 Å². The molecule has 134 valence electrons. The molecule has 0 aliphatic carbocycles. The van der Waals surface area contributed by atoms with E-state index >= 15 is 0 Å². The van der Waals surface area contributed by atoms with E-state index in [1.54, 1.807) is 6.92 Å². The number of rotatable bonds is 13. The Kier molecular flexibility index (Phi) is 11.0. The molecule has 0 bridgehead atoms. The van der Waals surface area contributed by atoms with Crippen molar-refractivity contribution in [3.8, 4) is 0 Å². The molecule has 8 heteroatoms. The first-order valence-electron chi connectivity index (χ1n) is 7.61. The summed E-state index contributed by atoms with van der Waals surface area (Å²) in [6.45, 7) is 3.83. The van der Waals surface area contributed by atoms with Gasteiger partial charge in [-0.1, -0.05) is 20.3 Å². The van der Waals surface area contributed by atoms with E-state index in [1.807, 2.05) is 6.92 Å². The van der Waals surface area contributed by atoms with Gasteiger partial charge in [0.1, 0.15) is 5.67 Å². The average Bonchev–Trinajstić information content (AvgIpc) is 2.52. The Bertz CT molecular complexity index is 289. The Morgan fingerprint density at radius 2 is 1.32 bits per heavy atom. The Morgan fingerprint density at radius 3 is 1.73 bits per heavy atom. The van der Waals surface area contributed by atoms with E-state index in [0.29, 0.717) is 13.0 Å². The van der Waals surface area contributed by atoms with Gasteiger partial charge in [-0.25, -0.2) is 13.2 Å². The molecule has 0 saturated carbocycles. The van der Waals surface area contributed by atoms with Crippen molar-refractivity contribution in [2.75, 3.05) is 30.3 Å². The van der Waals surface area contributed by atoms with Crippen LogP contribution in [0.2, 0.25) is 0 Å². The second kappa shape index (κ2) is 10.6. The smallest absolute Gasteiger partial charge is 0.170 e. The Labute approximate surface area is 149 Å². The maximum absolute atomic E-state index is 14.8. The van der Waals surface area contributed by atoms with Crippen molar-refractivity contribution in [2.24, 2.45) is 0 Å². The first-order valence-corrected chi connectivity index (χ1v) is 9.51. The fourth-order valence-corrected chi connectivity index (χ4v) is 2.93. The molecule has 0 rings (SSSR count). The highest BCUT2D eigenvalue weighted by atomic mass is 32.1. The number of hydrogen-bond donors (Lipinski definition) is 5. The summed E-state index contributed by atoms with van der Waals surface area (Å²) >= 11 is 12.0. The zero-order chi connectivity index (χ0) is 17.3. The molecule has 0 aliphatic heterocycles. The normalized spacial score (nSPS) is 20.2. The number of alkyl halides is 3. The van der Waals surface area contributed by atoms with Gasteiger partial charge < -0.3 is 0 Å². The summed E-state index contributed by atoms with van der Waals surface area (Å²) in [6.07, 6.45) is 0.761. The van der Waals surface area contributed by atoms with Crippen molar-refractivity contribution in [3.05, 3.63) is 0 Å². The van der Waals surface area contributed by atoms with E-state index in [0.717, 1.165) is 0 Å². The van der Waals surface area contributed by atoms with Crippen LogP contribution < -0.4 is 10.6 Å². The second-order valence-electron chi connectivity index (χ2n) is 5.69. The summed E-state index contributed by atoms with van der Waals surface area (Å²) in [6, 6.07) is 0. The summed E-state index contributed by atoms with van der Waals surface area (Å²) < 4.78 is 43.5. The van der Waals surface area contributed by atoms with Crippen LogP contribution in [-0.2, 0) is 0 Å². The lowest BCUT2D eigenvalue weighted by Crippen LogP contribution is -2.51. The minimum absolute atomic E-state index is 0.0371. The van der Waals surface area contributed by atoms with Crippen LogP contribution in [0.3, 0.4) is 0 Å². The third-order valence-corrected chi connectivity index (χ3v) is 5.19. The fourth-order valence-electron chi connectivity index (χ4n) is 2.12. The Hall–Kier alpha value is 0.760. The van der Waals surface area contributed by atoms with Crippen molar-refractivity contribution < 1.29 is 13.2 Å². The van der Waals surface area contributed by atoms with Gasteiger partial charge in [-0.15, -0.1) is 0 Å². The monoisotopic (exact) mass is 378 g/mol. The van der Waals surface area contributed by atoms with Crippen LogP contribution in [0.25, 0.3) is 0 Å². The third kappa shape index (κ3) is 8.04.